The second kappa shape index (κ2) is 7.63. The molecule has 6 nitrogen and oxygen atoms in total. The van der Waals surface area contributed by atoms with Gasteiger partial charge in [-0.15, -0.1) is 0 Å². The number of nitrogens with one attached hydrogen (secondary N) is 1. The fourth-order valence-corrected chi connectivity index (χ4v) is 5.54. The highest BCUT2D eigenvalue weighted by Gasteiger charge is 2.54. The molecule has 2 fully saturated rings. The van der Waals surface area contributed by atoms with Crippen LogP contribution in [0.3, 0.4) is 0 Å². The van der Waals surface area contributed by atoms with Gasteiger partial charge in [0.15, 0.2) is 6.61 Å². The maximum atomic E-state index is 13.3. The van der Waals surface area contributed by atoms with Crippen LogP contribution < -0.4 is 10.1 Å². The first kappa shape index (κ1) is 20.3. The Morgan fingerprint density at radius 3 is 2.79 bits per heavy atom. The van der Waals surface area contributed by atoms with Crippen molar-refractivity contribution in [1.82, 2.24) is 9.47 Å². The molecular formula is C26H26FN3O3. The van der Waals surface area contributed by atoms with Gasteiger partial charge in [0.25, 0.3) is 5.91 Å². The smallest absolute Gasteiger partial charge is 0.260 e. The molecule has 0 saturated carbocycles. The molecule has 170 valence electrons. The maximum absolute atomic E-state index is 13.3. The number of fused-ring (bicyclic) bond motifs is 4. The van der Waals surface area contributed by atoms with Crippen LogP contribution in [0.15, 0.2) is 66.9 Å². The molecule has 0 unspecified atom stereocenters. The molecule has 1 N–H and O–H groups in total. The molecule has 3 aliphatic heterocycles. The summed E-state index contributed by atoms with van der Waals surface area (Å²) >= 11 is 0. The van der Waals surface area contributed by atoms with Gasteiger partial charge in [-0.25, -0.2) is 4.39 Å². The number of amides is 1. The number of aromatic nitrogens is 1. The molecular weight excluding hydrogens is 421 g/mol. The first-order valence-corrected chi connectivity index (χ1v) is 11.4. The Morgan fingerprint density at radius 1 is 1.09 bits per heavy atom. The van der Waals surface area contributed by atoms with Gasteiger partial charge in [-0.1, -0.05) is 18.2 Å². The molecule has 1 amide bonds. The van der Waals surface area contributed by atoms with Crippen molar-refractivity contribution in [2.75, 3.05) is 31.6 Å². The molecule has 0 bridgehead atoms. The number of halogens is 1. The molecule has 6 rings (SSSR count). The SMILES string of the molecule is O=C(COc1cccc(F)c1)N1CCC2(CC1)C[C@]1(CO2)Nc2ccccc2-n2cccc21. The predicted octanol–water partition coefficient (Wildman–Crippen LogP) is 4.10. The molecule has 0 radical (unpaired) electrons. The van der Waals surface area contributed by atoms with Crippen molar-refractivity contribution in [3.8, 4) is 11.4 Å². The van der Waals surface area contributed by atoms with Gasteiger partial charge in [-0.3, -0.25) is 4.79 Å². The first-order chi connectivity index (χ1) is 16.1. The van der Waals surface area contributed by atoms with Gasteiger partial charge < -0.3 is 24.3 Å². The van der Waals surface area contributed by atoms with Crippen molar-refractivity contribution in [2.45, 2.75) is 30.4 Å². The minimum absolute atomic E-state index is 0.0829. The third-order valence-corrected chi connectivity index (χ3v) is 7.21. The summed E-state index contributed by atoms with van der Waals surface area (Å²) in [7, 11) is 0. The van der Waals surface area contributed by atoms with E-state index in [9.17, 15) is 9.18 Å². The van der Waals surface area contributed by atoms with Crippen molar-refractivity contribution >= 4 is 11.6 Å². The molecule has 1 aromatic heterocycles. The van der Waals surface area contributed by atoms with E-state index in [1.54, 1.807) is 12.1 Å². The number of likely N-dealkylation sites (tertiary alicyclic amines) is 1. The van der Waals surface area contributed by atoms with E-state index in [0.717, 1.165) is 30.6 Å². The Kier molecular flexibility index (Phi) is 4.69. The van der Waals surface area contributed by atoms with E-state index in [-0.39, 0.29) is 29.5 Å². The van der Waals surface area contributed by atoms with Crippen LogP contribution in [0.25, 0.3) is 5.69 Å². The summed E-state index contributed by atoms with van der Waals surface area (Å²) in [5.41, 5.74) is 2.96. The monoisotopic (exact) mass is 447 g/mol. The fraction of sp³-hybridized carbons (Fsp3) is 0.346. The number of anilines is 1. The zero-order chi connectivity index (χ0) is 22.5. The number of rotatable bonds is 3. The van der Waals surface area contributed by atoms with E-state index in [0.29, 0.717) is 25.4 Å². The van der Waals surface area contributed by atoms with Gasteiger partial charge >= 0.3 is 0 Å². The van der Waals surface area contributed by atoms with E-state index < -0.39 is 0 Å². The van der Waals surface area contributed by atoms with Crippen LogP contribution in [0.1, 0.15) is 25.0 Å². The lowest BCUT2D eigenvalue weighted by molar-refractivity contribution is -0.138. The van der Waals surface area contributed by atoms with E-state index in [4.69, 9.17) is 9.47 Å². The number of nitrogens with zero attached hydrogens (tertiary/aromatic N) is 2. The van der Waals surface area contributed by atoms with Crippen molar-refractivity contribution in [3.63, 3.8) is 0 Å². The molecule has 2 spiro atoms. The van der Waals surface area contributed by atoms with Crippen LogP contribution in [-0.4, -0.2) is 47.3 Å². The lowest BCUT2D eigenvalue weighted by Crippen LogP contribution is -2.49. The number of piperidine rings is 1. The van der Waals surface area contributed by atoms with Gasteiger partial charge in [0.2, 0.25) is 0 Å². The zero-order valence-electron chi connectivity index (χ0n) is 18.3. The Hall–Kier alpha value is -3.32. The van der Waals surface area contributed by atoms with Crippen LogP contribution in [0.5, 0.6) is 5.75 Å². The molecule has 0 aliphatic carbocycles. The van der Waals surface area contributed by atoms with Crippen molar-refractivity contribution < 1.29 is 18.7 Å². The summed E-state index contributed by atoms with van der Waals surface area (Å²) in [5, 5.41) is 3.79. The van der Waals surface area contributed by atoms with Crippen LogP contribution in [0.4, 0.5) is 10.1 Å². The average Bonchev–Trinajstić information content (AvgIpc) is 3.45. The van der Waals surface area contributed by atoms with Crippen LogP contribution in [0, 0.1) is 5.82 Å². The second-order valence-electron chi connectivity index (χ2n) is 9.26. The lowest BCUT2D eigenvalue weighted by Gasteiger charge is -2.41. The summed E-state index contributed by atoms with van der Waals surface area (Å²) in [6.07, 6.45) is 4.54. The zero-order valence-corrected chi connectivity index (χ0v) is 18.3. The number of hydrogen-bond acceptors (Lipinski definition) is 4. The Bertz CT molecular complexity index is 1200. The number of hydrogen-bond donors (Lipinski definition) is 1. The highest BCUT2D eigenvalue weighted by molar-refractivity contribution is 5.78. The van der Waals surface area contributed by atoms with Crippen molar-refractivity contribution in [1.29, 1.82) is 0 Å². The van der Waals surface area contributed by atoms with E-state index in [1.165, 1.54) is 17.8 Å². The second-order valence-corrected chi connectivity index (χ2v) is 9.26. The van der Waals surface area contributed by atoms with E-state index >= 15 is 0 Å². The topological polar surface area (TPSA) is 55.7 Å². The minimum Gasteiger partial charge on any atom is -0.484 e. The van der Waals surface area contributed by atoms with Gasteiger partial charge in [-0.2, -0.15) is 0 Å². The molecule has 2 saturated heterocycles. The van der Waals surface area contributed by atoms with Gasteiger partial charge in [-0.05, 0) is 49.2 Å². The number of carbonyl (C=O) groups is 1. The molecule has 2 aromatic carbocycles. The summed E-state index contributed by atoms with van der Waals surface area (Å²) in [6, 6.07) is 18.5. The van der Waals surface area contributed by atoms with Crippen LogP contribution in [0.2, 0.25) is 0 Å². The van der Waals surface area contributed by atoms with Gasteiger partial charge in [0, 0.05) is 31.8 Å². The normalized spacial score (nSPS) is 22.6. The van der Waals surface area contributed by atoms with Crippen molar-refractivity contribution in [3.05, 3.63) is 78.4 Å². The standard InChI is InChI=1S/C26H26FN3O3/c27-19-5-3-6-20(15-19)32-16-24(31)29-13-10-25(11-14-29)17-26(18-33-25)23-9-4-12-30(23)22-8-2-1-7-21(22)28-26/h1-9,12,15,28H,10-11,13-14,16-18H2/t26-/m1/s1. The summed E-state index contributed by atoms with van der Waals surface area (Å²) in [4.78, 5) is 14.5. The van der Waals surface area contributed by atoms with Crippen LogP contribution >= 0.6 is 0 Å². The third-order valence-electron chi connectivity index (χ3n) is 7.21. The predicted molar refractivity (Wildman–Crippen MR) is 122 cm³/mol. The number of benzene rings is 2. The van der Waals surface area contributed by atoms with Gasteiger partial charge in [0.1, 0.15) is 17.1 Å². The van der Waals surface area contributed by atoms with E-state index in [2.05, 4.69) is 52.5 Å². The largest absolute Gasteiger partial charge is 0.484 e. The molecule has 7 heteroatoms. The van der Waals surface area contributed by atoms with Gasteiger partial charge in [0.05, 0.1) is 29.3 Å². The van der Waals surface area contributed by atoms with Crippen LogP contribution in [-0.2, 0) is 15.1 Å². The molecule has 4 heterocycles. The highest BCUT2D eigenvalue weighted by Crippen LogP contribution is 2.50. The summed E-state index contributed by atoms with van der Waals surface area (Å²) in [5.74, 6) is -0.0952. The maximum Gasteiger partial charge on any atom is 0.260 e. The Labute approximate surface area is 191 Å². The highest BCUT2D eigenvalue weighted by atomic mass is 19.1. The third kappa shape index (κ3) is 3.47. The molecule has 3 aliphatic rings. The van der Waals surface area contributed by atoms with E-state index in [1.807, 2.05) is 4.90 Å². The Balaban J connectivity index is 1.12. The molecule has 3 aromatic rings. The average molecular weight is 448 g/mol. The molecule has 33 heavy (non-hydrogen) atoms. The Morgan fingerprint density at radius 2 is 1.94 bits per heavy atom. The first-order valence-electron chi connectivity index (χ1n) is 11.4. The lowest BCUT2D eigenvalue weighted by atomic mass is 9.79. The summed E-state index contributed by atoms with van der Waals surface area (Å²) in [6.45, 7) is 1.76. The number of carbonyl (C=O) groups excluding carboxylic acids is 1. The fourth-order valence-electron chi connectivity index (χ4n) is 5.54. The number of ether oxygens (including phenoxy) is 2. The quantitative estimate of drug-likeness (QED) is 0.657. The van der Waals surface area contributed by atoms with Crippen molar-refractivity contribution in [2.24, 2.45) is 0 Å². The number of para-hydroxylation sites is 2. The minimum atomic E-state index is -0.378. The summed E-state index contributed by atoms with van der Waals surface area (Å²) < 4.78 is 27.6. The molecule has 1 atom stereocenters.